The lowest BCUT2D eigenvalue weighted by Gasteiger charge is -2.18. The maximum atomic E-state index is 12.8. The summed E-state index contributed by atoms with van der Waals surface area (Å²) in [5, 5.41) is 3.39. The molecule has 0 fully saturated rings. The monoisotopic (exact) mass is 222 g/mol. The van der Waals surface area contributed by atoms with Crippen LogP contribution in [-0.2, 0) is 0 Å². The molecule has 0 saturated carbocycles. The van der Waals surface area contributed by atoms with E-state index in [9.17, 15) is 4.39 Å². The van der Waals surface area contributed by atoms with Crippen molar-refractivity contribution in [3.8, 4) is 0 Å². The number of hydrogen-bond donors (Lipinski definition) is 1. The fourth-order valence-electron chi connectivity index (χ4n) is 1.48. The minimum atomic E-state index is -0.302. The molecule has 0 aliphatic carbocycles. The lowest BCUT2D eigenvalue weighted by molar-refractivity contribution is 0.526. The smallest absolute Gasteiger partial charge is 0.141 e. The van der Waals surface area contributed by atoms with Crippen molar-refractivity contribution < 1.29 is 4.39 Å². The topological polar surface area (TPSA) is 24.9 Å². The number of rotatable bonds is 4. The molecule has 0 saturated heterocycles. The third kappa shape index (κ3) is 4.11. The molecule has 1 N–H and O–H groups in total. The highest BCUT2D eigenvalue weighted by molar-refractivity contribution is 5.17. The molecule has 2 nitrogen and oxygen atoms in total. The summed E-state index contributed by atoms with van der Waals surface area (Å²) in [6.07, 6.45) is 3.35. The lowest BCUT2D eigenvalue weighted by atomic mass is 10.1. The molecular formula is C13H19FN2. The lowest BCUT2D eigenvalue weighted by Crippen LogP contribution is -2.27. The summed E-state index contributed by atoms with van der Waals surface area (Å²) >= 11 is 0. The Morgan fingerprint density at radius 3 is 2.50 bits per heavy atom. The van der Waals surface area contributed by atoms with Crippen molar-refractivity contribution in [3.05, 3.63) is 41.5 Å². The van der Waals surface area contributed by atoms with Crippen LogP contribution >= 0.6 is 0 Å². The number of hydrogen-bond acceptors (Lipinski definition) is 2. The Morgan fingerprint density at radius 2 is 2.06 bits per heavy atom. The third-order valence-electron chi connectivity index (χ3n) is 2.08. The van der Waals surface area contributed by atoms with Gasteiger partial charge in [-0.3, -0.25) is 4.98 Å². The fraction of sp³-hybridized carbons (Fsp3) is 0.462. The Labute approximate surface area is 96.6 Å². The van der Waals surface area contributed by atoms with Crippen molar-refractivity contribution in [2.24, 2.45) is 0 Å². The van der Waals surface area contributed by atoms with Crippen molar-refractivity contribution in [3.63, 3.8) is 0 Å². The van der Waals surface area contributed by atoms with E-state index in [-0.39, 0.29) is 11.9 Å². The van der Waals surface area contributed by atoms with E-state index in [1.165, 1.54) is 17.8 Å². The molecule has 88 valence electrons. The highest BCUT2D eigenvalue weighted by Crippen LogP contribution is 2.15. The normalized spacial score (nSPS) is 12.6. The largest absolute Gasteiger partial charge is 0.303 e. The highest BCUT2D eigenvalue weighted by atomic mass is 19.1. The number of allylic oxidation sites excluding steroid dienone is 1. The molecule has 16 heavy (non-hydrogen) atoms. The van der Waals surface area contributed by atoms with Crippen LogP contribution in [0.25, 0.3) is 0 Å². The fourth-order valence-corrected chi connectivity index (χ4v) is 1.48. The van der Waals surface area contributed by atoms with E-state index >= 15 is 0 Å². The molecule has 1 unspecified atom stereocenters. The van der Waals surface area contributed by atoms with Crippen LogP contribution in [0.1, 0.15) is 39.4 Å². The predicted molar refractivity (Wildman–Crippen MR) is 64.6 cm³/mol. The van der Waals surface area contributed by atoms with E-state index in [2.05, 4.69) is 30.2 Å². The van der Waals surface area contributed by atoms with Gasteiger partial charge in [0.05, 0.1) is 17.9 Å². The average Bonchev–Trinajstić information content (AvgIpc) is 2.16. The van der Waals surface area contributed by atoms with Gasteiger partial charge in [-0.15, -0.1) is 0 Å². The maximum absolute atomic E-state index is 12.8. The van der Waals surface area contributed by atoms with Crippen LogP contribution < -0.4 is 5.32 Å². The van der Waals surface area contributed by atoms with E-state index in [0.717, 1.165) is 5.69 Å². The number of halogens is 1. The molecular weight excluding hydrogens is 203 g/mol. The summed E-state index contributed by atoms with van der Waals surface area (Å²) in [7, 11) is 0. The van der Waals surface area contributed by atoms with E-state index in [0.29, 0.717) is 6.04 Å². The molecule has 0 aromatic carbocycles. The maximum Gasteiger partial charge on any atom is 0.141 e. The number of nitrogens with zero attached hydrogens (tertiary/aromatic N) is 1. The number of nitrogens with one attached hydrogen (secondary N) is 1. The minimum absolute atomic E-state index is 0.0469. The summed E-state index contributed by atoms with van der Waals surface area (Å²) in [5.41, 5.74) is 2.06. The van der Waals surface area contributed by atoms with Gasteiger partial charge in [-0.05, 0) is 39.8 Å². The predicted octanol–water partition coefficient (Wildman–Crippen LogP) is 3.23. The van der Waals surface area contributed by atoms with Crippen LogP contribution in [0.4, 0.5) is 4.39 Å². The minimum Gasteiger partial charge on any atom is -0.303 e. The first-order valence-corrected chi connectivity index (χ1v) is 5.51. The van der Waals surface area contributed by atoms with E-state index in [1.54, 1.807) is 6.07 Å². The molecule has 0 amide bonds. The zero-order valence-corrected chi connectivity index (χ0v) is 10.3. The molecule has 0 bridgehead atoms. The van der Waals surface area contributed by atoms with Crippen molar-refractivity contribution in [2.45, 2.75) is 39.8 Å². The van der Waals surface area contributed by atoms with Crippen LogP contribution in [0.15, 0.2) is 30.0 Å². The molecule has 0 aliphatic rings. The van der Waals surface area contributed by atoms with Crippen molar-refractivity contribution in [1.82, 2.24) is 10.3 Å². The van der Waals surface area contributed by atoms with Crippen molar-refractivity contribution >= 4 is 0 Å². The Balaban J connectivity index is 2.92. The van der Waals surface area contributed by atoms with Gasteiger partial charge in [0.25, 0.3) is 0 Å². The zero-order valence-electron chi connectivity index (χ0n) is 10.3. The van der Waals surface area contributed by atoms with Gasteiger partial charge in [0, 0.05) is 6.04 Å². The van der Waals surface area contributed by atoms with Gasteiger partial charge < -0.3 is 5.32 Å². The van der Waals surface area contributed by atoms with E-state index in [4.69, 9.17) is 0 Å². The van der Waals surface area contributed by atoms with Gasteiger partial charge in [0.15, 0.2) is 0 Å². The highest BCUT2D eigenvalue weighted by Gasteiger charge is 2.10. The zero-order chi connectivity index (χ0) is 12.1. The Morgan fingerprint density at radius 1 is 1.38 bits per heavy atom. The van der Waals surface area contributed by atoms with Gasteiger partial charge in [0.1, 0.15) is 5.82 Å². The summed E-state index contributed by atoms with van der Waals surface area (Å²) < 4.78 is 12.8. The van der Waals surface area contributed by atoms with Crippen LogP contribution in [0.5, 0.6) is 0 Å². The summed E-state index contributed by atoms with van der Waals surface area (Å²) in [5.74, 6) is -0.302. The first-order chi connectivity index (χ1) is 7.49. The molecule has 1 rings (SSSR count). The van der Waals surface area contributed by atoms with Gasteiger partial charge in [-0.2, -0.15) is 0 Å². The molecule has 0 radical (unpaired) electrons. The van der Waals surface area contributed by atoms with Gasteiger partial charge >= 0.3 is 0 Å². The Hall–Kier alpha value is -1.22. The SMILES string of the molecule is CC(C)=CC(NC(C)C)c1ccc(F)cn1. The van der Waals surface area contributed by atoms with Crippen LogP contribution in [0.3, 0.4) is 0 Å². The van der Waals surface area contributed by atoms with Gasteiger partial charge in [-0.1, -0.05) is 11.6 Å². The Bertz CT molecular complexity index is 351. The molecule has 0 spiro atoms. The quantitative estimate of drug-likeness (QED) is 0.791. The molecule has 1 heterocycles. The number of pyridine rings is 1. The van der Waals surface area contributed by atoms with Crippen LogP contribution in [-0.4, -0.2) is 11.0 Å². The standard InChI is InChI=1S/C13H19FN2/c1-9(2)7-13(16-10(3)4)12-6-5-11(14)8-15-12/h5-8,10,13,16H,1-4H3. The van der Waals surface area contributed by atoms with Gasteiger partial charge in [-0.25, -0.2) is 4.39 Å². The van der Waals surface area contributed by atoms with E-state index in [1.807, 2.05) is 13.8 Å². The second-order valence-corrected chi connectivity index (χ2v) is 4.44. The van der Waals surface area contributed by atoms with Crippen LogP contribution in [0.2, 0.25) is 0 Å². The second kappa shape index (κ2) is 5.75. The third-order valence-corrected chi connectivity index (χ3v) is 2.08. The Kier molecular flexibility index (Phi) is 4.62. The van der Waals surface area contributed by atoms with Gasteiger partial charge in [0.2, 0.25) is 0 Å². The molecule has 1 atom stereocenters. The van der Waals surface area contributed by atoms with E-state index < -0.39 is 0 Å². The summed E-state index contributed by atoms with van der Waals surface area (Å²) in [6.45, 7) is 8.24. The molecule has 0 aliphatic heterocycles. The second-order valence-electron chi connectivity index (χ2n) is 4.44. The van der Waals surface area contributed by atoms with Crippen molar-refractivity contribution in [1.29, 1.82) is 0 Å². The molecule has 1 aromatic heterocycles. The average molecular weight is 222 g/mol. The van der Waals surface area contributed by atoms with Crippen molar-refractivity contribution in [2.75, 3.05) is 0 Å². The first-order valence-electron chi connectivity index (χ1n) is 5.51. The number of aromatic nitrogens is 1. The molecule has 3 heteroatoms. The van der Waals surface area contributed by atoms with Crippen LogP contribution in [0, 0.1) is 5.82 Å². The summed E-state index contributed by atoms with van der Waals surface area (Å²) in [6, 6.07) is 3.56. The summed E-state index contributed by atoms with van der Waals surface area (Å²) in [4.78, 5) is 4.10. The molecule has 1 aromatic rings. The first kappa shape index (κ1) is 12.8.